The van der Waals surface area contributed by atoms with E-state index in [9.17, 15) is 14.4 Å². The van der Waals surface area contributed by atoms with Gasteiger partial charge in [-0.05, 0) is 38.0 Å². The first-order valence-corrected chi connectivity index (χ1v) is 7.50. The van der Waals surface area contributed by atoms with Gasteiger partial charge in [0.1, 0.15) is 0 Å². The minimum absolute atomic E-state index is 0.232. The van der Waals surface area contributed by atoms with Crippen molar-refractivity contribution in [2.24, 2.45) is 0 Å². The quantitative estimate of drug-likeness (QED) is 0.650. The zero-order chi connectivity index (χ0) is 17.0. The summed E-state index contributed by atoms with van der Waals surface area (Å²) in [5.41, 5.74) is 0.265. The number of hydrogen-bond acceptors (Lipinski definition) is 5. The maximum absolute atomic E-state index is 11.9. The van der Waals surface area contributed by atoms with E-state index in [4.69, 9.17) is 9.47 Å². The van der Waals surface area contributed by atoms with E-state index in [0.29, 0.717) is 18.6 Å². The maximum atomic E-state index is 11.9. The van der Waals surface area contributed by atoms with Gasteiger partial charge in [-0.15, -0.1) is 0 Å². The molecule has 7 heteroatoms. The standard InChI is InChI=1S/C16H20N2O5/c1-4-12-11(6-7-14(19)22-5-2)8-13(23-12)18-9-10(3)15(20)17-16(18)21/h6-9,12-13H,4-5H2,1-3H3,(H,17,20,21)/b7-6+/t12-,13-/m1/s1. The van der Waals surface area contributed by atoms with E-state index in [1.165, 1.54) is 16.8 Å². The van der Waals surface area contributed by atoms with Crippen LogP contribution in [0.4, 0.5) is 0 Å². The summed E-state index contributed by atoms with van der Waals surface area (Å²) >= 11 is 0. The number of carbonyl (C=O) groups is 1. The summed E-state index contributed by atoms with van der Waals surface area (Å²) in [5, 5.41) is 0. The summed E-state index contributed by atoms with van der Waals surface area (Å²) in [6, 6.07) is 0. The van der Waals surface area contributed by atoms with Crippen LogP contribution in [0.3, 0.4) is 0 Å². The fraction of sp³-hybridized carbons (Fsp3) is 0.438. The van der Waals surface area contributed by atoms with E-state index in [2.05, 4.69) is 4.98 Å². The van der Waals surface area contributed by atoms with E-state index < -0.39 is 23.4 Å². The molecule has 1 N–H and O–H groups in total. The zero-order valence-corrected chi connectivity index (χ0v) is 13.4. The van der Waals surface area contributed by atoms with Crippen LogP contribution >= 0.6 is 0 Å². The highest BCUT2D eigenvalue weighted by atomic mass is 16.5. The molecular weight excluding hydrogens is 300 g/mol. The molecular formula is C16H20N2O5. The third kappa shape index (κ3) is 3.87. The van der Waals surface area contributed by atoms with Crippen molar-refractivity contribution in [3.05, 3.63) is 56.4 Å². The summed E-state index contributed by atoms with van der Waals surface area (Å²) in [5.74, 6) is -0.427. The number of hydrogen-bond donors (Lipinski definition) is 1. The number of rotatable bonds is 5. The number of nitrogens with zero attached hydrogens (tertiary/aromatic N) is 1. The fourth-order valence-corrected chi connectivity index (χ4v) is 2.33. The second-order valence-electron chi connectivity index (χ2n) is 5.15. The Morgan fingerprint density at radius 1 is 1.43 bits per heavy atom. The number of nitrogens with one attached hydrogen (secondary N) is 1. The highest BCUT2D eigenvalue weighted by molar-refractivity contribution is 5.82. The van der Waals surface area contributed by atoms with Crippen molar-refractivity contribution in [1.82, 2.24) is 9.55 Å². The molecule has 1 aromatic rings. The third-order valence-electron chi connectivity index (χ3n) is 3.50. The van der Waals surface area contributed by atoms with Crippen molar-refractivity contribution >= 4 is 5.97 Å². The van der Waals surface area contributed by atoms with Crippen molar-refractivity contribution in [3.63, 3.8) is 0 Å². The lowest BCUT2D eigenvalue weighted by molar-refractivity contribution is -0.137. The van der Waals surface area contributed by atoms with Crippen molar-refractivity contribution in [3.8, 4) is 0 Å². The van der Waals surface area contributed by atoms with Crippen molar-refractivity contribution in [1.29, 1.82) is 0 Å². The first kappa shape index (κ1) is 17.0. The Balaban J connectivity index is 2.29. The van der Waals surface area contributed by atoms with E-state index in [0.717, 1.165) is 5.57 Å². The molecule has 0 aromatic carbocycles. The summed E-state index contributed by atoms with van der Waals surface area (Å²) in [6.45, 7) is 5.61. The molecule has 0 radical (unpaired) electrons. The monoisotopic (exact) mass is 320 g/mol. The molecule has 0 unspecified atom stereocenters. The van der Waals surface area contributed by atoms with Gasteiger partial charge in [-0.1, -0.05) is 6.92 Å². The SMILES string of the molecule is CCOC(=O)/C=C/C1=C[C@H](n2cc(C)c(=O)[nH]c2=O)O[C@@H]1CC. The molecule has 0 aliphatic carbocycles. The maximum Gasteiger partial charge on any atom is 0.330 e. The van der Waals surface area contributed by atoms with Crippen molar-refractivity contribution in [2.45, 2.75) is 39.5 Å². The number of aromatic amines is 1. The van der Waals surface area contributed by atoms with E-state index in [1.807, 2.05) is 6.92 Å². The van der Waals surface area contributed by atoms with Crippen molar-refractivity contribution < 1.29 is 14.3 Å². The smallest absolute Gasteiger partial charge is 0.330 e. The van der Waals surface area contributed by atoms with Gasteiger partial charge in [0.15, 0.2) is 6.23 Å². The van der Waals surface area contributed by atoms with Gasteiger partial charge in [0.25, 0.3) is 5.56 Å². The predicted molar refractivity (Wildman–Crippen MR) is 84.1 cm³/mol. The molecule has 0 saturated heterocycles. The molecule has 2 rings (SSSR count). The minimum atomic E-state index is -0.621. The van der Waals surface area contributed by atoms with E-state index in [-0.39, 0.29) is 6.10 Å². The molecule has 2 heterocycles. The Kier molecular flexibility index (Phi) is 5.33. The third-order valence-corrected chi connectivity index (χ3v) is 3.50. The molecule has 7 nitrogen and oxygen atoms in total. The van der Waals surface area contributed by atoms with Gasteiger partial charge in [0, 0.05) is 17.8 Å². The van der Waals surface area contributed by atoms with Gasteiger partial charge in [0.05, 0.1) is 12.7 Å². The van der Waals surface area contributed by atoms with Crippen LogP contribution in [-0.2, 0) is 14.3 Å². The largest absolute Gasteiger partial charge is 0.463 e. The molecule has 23 heavy (non-hydrogen) atoms. The summed E-state index contributed by atoms with van der Waals surface area (Å²) in [6.07, 6.45) is 6.03. The van der Waals surface area contributed by atoms with Gasteiger partial charge in [-0.3, -0.25) is 14.3 Å². The van der Waals surface area contributed by atoms with E-state index in [1.54, 1.807) is 26.0 Å². The Morgan fingerprint density at radius 3 is 2.83 bits per heavy atom. The van der Waals surface area contributed by atoms with Gasteiger partial charge >= 0.3 is 11.7 Å². The Bertz CT molecular complexity index is 756. The highest BCUT2D eigenvalue weighted by Crippen LogP contribution is 2.28. The lowest BCUT2D eigenvalue weighted by Gasteiger charge is -2.16. The first-order chi connectivity index (χ1) is 11.0. The van der Waals surface area contributed by atoms with Gasteiger partial charge in [0.2, 0.25) is 0 Å². The number of aryl methyl sites for hydroxylation is 1. The number of esters is 1. The fourth-order valence-electron chi connectivity index (χ4n) is 2.33. The van der Waals surface area contributed by atoms with Gasteiger partial charge in [-0.2, -0.15) is 0 Å². The van der Waals surface area contributed by atoms with Crippen LogP contribution in [-0.4, -0.2) is 28.2 Å². The second-order valence-corrected chi connectivity index (χ2v) is 5.15. The molecule has 0 saturated carbocycles. The number of aromatic nitrogens is 2. The molecule has 2 atom stereocenters. The van der Waals surface area contributed by atoms with Crippen LogP contribution in [0.5, 0.6) is 0 Å². The molecule has 0 bridgehead atoms. The lowest BCUT2D eigenvalue weighted by atomic mass is 10.1. The predicted octanol–water partition coefficient (Wildman–Crippen LogP) is 1.20. The zero-order valence-electron chi connectivity index (χ0n) is 13.4. The van der Waals surface area contributed by atoms with Crippen LogP contribution in [0, 0.1) is 6.92 Å². The Hall–Kier alpha value is -2.41. The number of carbonyl (C=O) groups excluding carboxylic acids is 1. The average molecular weight is 320 g/mol. The topological polar surface area (TPSA) is 90.4 Å². The first-order valence-electron chi connectivity index (χ1n) is 7.50. The second kappa shape index (κ2) is 7.23. The average Bonchev–Trinajstić information content (AvgIpc) is 2.92. The van der Waals surface area contributed by atoms with Crippen LogP contribution in [0.25, 0.3) is 0 Å². The lowest BCUT2D eigenvalue weighted by Crippen LogP contribution is -2.33. The summed E-state index contributed by atoms with van der Waals surface area (Å²) < 4.78 is 12.0. The minimum Gasteiger partial charge on any atom is -0.463 e. The molecule has 1 aromatic heterocycles. The van der Waals surface area contributed by atoms with E-state index >= 15 is 0 Å². The summed E-state index contributed by atoms with van der Waals surface area (Å²) in [4.78, 5) is 37.0. The van der Waals surface area contributed by atoms with Crippen LogP contribution in [0.15, 0.2) is 39.6 Å². The molecule has 0 fully saturated rings. The van der Waals surface area contributed by atoms with Crippen molar-refractivity contribution in [2.75, 3.05) is 6.61 Å². The number of H-pyrrole nitrogens is 1. The van der Waals surface area contributed by atoms with Crippen LogP contribution in [0.2, 0.25) is 0 Å². The molecule has 124 valence electrons. The molecule has 0 amide bonds. The molecule has 0 spiro atoms. The molecule has 1 aliphatic heterocycles. The van der Waals surface area contributed by atoms with Gasteiger partial charge in [-0.25, -0.2) is 9.59 Å². The number of ether oxygens (including phenoxy) is 2. The van der Waals surface area contributed by atoms with Gasteiger partial charge < -0.3 is 9.47 Å². The summed E-state index contributed by atoms with van der Waals surface area (Å²) in [7, 11) is 0. The van der Waals surface area contributed by atoms with Crippen LogP contribution < -0.4 is 11.2 Å². The van der Waals surface area contributed by atoms with Crippen LogP contribution in [0.1, 0.15) is 32.1 Å². The normalized spacial score (nSPS) is 20.7. The Labute approximate surface area is 133 Å². The highest BCUT2D eigenvalue weighted by Gasteiger charge is 2.26. The Morgan fingerprint density at radius 2 is 2.17 bits per heavy atom. The molecule has 1 aliphatic rings.